The smallest absolute Gasteiger partial charge is 0.0360 e. The normalized spacial score (nSPS) is 10.3. The molecule has 3 N–H and O–H groups in total. The number of aromatic amines is 1. The van der Waals surface area contributed by atoms with Gasteiger partial charge in [0.15, 0.2) is 0 Å². The molecule has 3 heteroatoms. The monoisotopic (exact) mass is 215 g/mol. The minimum Gasteiger partial charge on any atom is -0.388 e. The molecule has 0 aliphatic heterocycles. The molecule has 2 rings (SSSR count). The molecule has 0 radical (unpaired) electrons. The molecule has 1 aromatic carbocycles. The van der Waals surface area contributed by atoms with Crippen LogP contribution in [0.15, 0.2) is 42.6 Å². The van der Waals surface area contributed by atoms with Crippen molar-refractivity contribution in [2.75, 3.05) is 12.4 Å². The predicted octanol–water partition coefficient (Wildman–Crippen LogP) is 2.35. The molecule has 3 nitrogen and oxygen atoms in total. The summed E-state index contributed by atoms with van der Waals surface area (Å²) < 4.78 is 0. The van der Waals surface area contributed by atoms with Crippen molar-refractivity contribution in [2.24, 2.45) is 0 Å². The Bertz CT molecular complexity index is 421. The maximum atomic E-state index is 3.40. The average Bonchev–Trinajstić information content (AvgIpc) is 2.82. The number of nitrogens with one attached hydrogen (secondary N) is 3. The van der Waals surface area contributed by atoms with Crippen LogP contribution in [-0.4, -0.2) is 12.0 Å². The predicted molar refractivity (Wildman–Crippen MR) is 67.3 cm³/mol. The SMILES string of the molecule is CNc1cccc(CNCc2ccc[nH]2)c1. The Kier molecular flexibility index (Phi) is 3.62. The van der Waals surface area contributed by atoms with E-state index in [1.165, 1.54) is 11.3 Å². The highest BCUT2D eigenvalue weighted by molar-refractivity contribution is 5.44. The molecule has 0 amide bonds. The van der Waals surface area contributed by atoms with Crippen LogP contribution in [-0.2, 0) is 13.1 Å². The lowest BCUT2D eigenvalue weighted by atomic mass is 10.2. The molecule has 84 valence electrons. The number of anilines is 1. The zero-order valence-electron chi connectivity index (χ0n) is 9.46. The fourth-order valence-corrected chi connectivity index (χ4v) is 1.66. The van der Waals surface area contributed by atoms with E-state index in [-0.39, 0.29) is 0 Å². The second-order valence-corrected chi connectivity index (χ2v) is 3.75. The molecular formula is C13H17N3. The molecule has 16 heavy (non-hydrogen) atoms. The molecule has 0 saturated heterocycles. The summed E-state index contributed by atoms with van der Waals surface area (Å²) in [5, 5.41) is 6.53. The summed E-state index contributed by atoms with van der Waals surface area (Å²) in [5.74, 6) is 0. The van der Waals surface area contributed by atoms with E-state index in [0.717, 1.165) is 18.8 Å². The van der Waals surface area contributed by atoms with E-state index in [1.54, 1.807) is 0 Å². The lowest BCUT2D eigenvalue weighted by Gasteiger charge is -2.06. The third-order valence-corrected chi connectivity index (χ3v) is 2.52. The molecule has 0 aliphatic rings. The van der Waals surface area contributed by atoms with Gasteiger partial charge in [0.05, 0.1) is 0 Å². The first-order valence-corrected chi connectivity index (χ1v) is 5.48. The van der Waals surface area contributed by atoms with Crippen molar-refractivity contribution in [3.8, 4) is 0 Å². The van der Waals surface area contributed by atoms with Crippen molar-refractivity contribution in [1.29, 1.82) is 0 Å². The first-order chi connectivity index (χ1) is 7.88. The average molecular weight is 215 g/mol. The molecule has 1 aromatic heterocycles. The minimum atomic E-state index is 0.872. The highest BCUT2D eigenvalue weighted by Gasteiger charge is 1.95. The molecule has 0 fully saturated rings. The molecule has 0 unspecified atom stereocenters. The summed E-state index contributed by atoms with van der Waals surface area (Å²) in [6.07, 6.45) is 1.94. The van der Waals surface area contributed by atoms with Gasteiger partial charge in [-0.25, -0.2) is 0 Å². The quantitative estimate of drug-likeness (QED) is 0.716. The molecule has 0 atom stereocenters. The Hall–Kier alpha value is -1.74. The Morgan fingerprint density at radius 3 is 2.81 bits per heavy atom. The molecule has 0 saturated carbocycles. The van der Waals surface area contributed by atoms with E-state index in [0.29, 0.717) is 0 Å². The van der Waals surface area contributed by atoms with Crippen molar-refractivity contribution in [2.45, 2.75) is 13.1 Å². The van der Waals surface area contributed by atoms with E-state index in [4.69, 9.17) is 0 Å². The van der Waals surface area contributed by atoms with Crippen LogP contribution < -0.4 is 10.6 Å². The number of rotatable bonds is 5. The topological polar surface area (TPSA) is 39.8 Å². The Morgan fingerprint density at radius 1 is 1.12 bits per heavy atom. The first-order valence-electron chi connectivity index (χ1n) is 5.48. The Labute approximate surface area is 95.9 Å². The molecule has 2 aromatic rings. The van der Waals surface area contributed by atoms with Crippen LogP contribution in [0.4, 0.5) is 5.69 Å². The fourth-order valence-electron chi connectivity index (χ4n) is 1.66. The second kappa shape index (κ2) is 5.37. The highest BCUT2D eigenvalue weighted by Crippen LogP contribution is 2.09. The van der Waals surface area contributed by atoms with Crippen LogP contribution in [0.1, 0.15) is 11.3 Å². The van der Waals surface area contributed by atoms with Gasteiger partial charge in [-0.05, 0) is 29.8 Å². The first kappa shape index (κ1) is 10.8. The second-order valence-electron chi connectivity index (χ2n) is 3.75. The zero-order chi connectivity index (χ0) is 11.2. The van der Waals surface area contributed by atoms with Gasteiger partial charge in [0, 0.05) is 37.7 Å². The Morgan fingerprint density at radius 2 is 2.06 bits per heavy atom. The largest absolute Gasteiger partial charge is 0.388 e. The third kappa shape index (κ3) is 2.87. The summed E-state index contributed by atoms with van der Waals surface area (Å²) >= 11 is 0. The number of hydrogen-bond donors (Lipinski definition) is 3. The summed E-state index contributed by atoms with van der Waals surface area (Å²) in [6, 6.07) is 12.5. The van der Waals surface area contributed by atoms with Gasteiger partial charge in [0.1, 0.15) is 0 Å². The summed E-state index contributed by atoms with van der Waals surface area (Å²) in [7, 11) is 1.94. The molecule has 0 bridgehead atoms. The van der Waals surface area contributed by atoms with Crippen molar-refractivity contribution < 1.29 is 0 Å². The fraction of sp³-hybridized carbons (Fsp3) is 0.231. The van der Waals surface area contributed by atoms with Gasteiger partial charge in [-0.3, -0.25) is 0 Å². The van der Waals surface area contributed by atoms with Crippen LogP contribution in [0.3, 0.4) is 0 Å². The highest BCUT2D eigenvalue weighted by atomic mass is 14.9. The van der Waals surface area contributed by atoms with Crippen molar-refractivity contribution in [3.63, 3.8) is 0 Å². The van der Waals surface area contributed by atoms with Crippen LogP contribution in [0.5, 0.6) is 0 Å². The van der Waals surface area contributed by atoms with Gasteiger partial charge in [-0.2, -0.15) is 0 Å². The molecular weight excluding hydrogens is 198 g/mol. The molecule has 0 spiro atoms. The van der Waals surface area contributed by atoms with Crippen LogP contribution >= 0.6 is 0 Å². The minimum absolute atomic E-state index is 0.872. The number of benzene rings is 1. The Balaban J connectivity index is 1.85. The third-order valence-electron chi connectivity index (χ3n) is 2.52. The van der Waals surface area contributed by atoms with E-state index >= 15 is 0 Å². The van der Waals surface area contributed by atoms with Crippen LogP contribution in [0, 0.1) is 0 Å². The van der Waals surface area contributed by atoms with Crippen LogP contribution in [0.2, 0.25) is 0 Å². The van der Waals surface area contributed by atoms with Gasteiger partial charge in [0.2, 0.25) is 0 Å². The van der Waals surface area contributed by atoms with Gasteiger partial charge >= 0.3 is 0 Å². The van der Waals surface area contributed by atoms with E-state index < -0.39 is 0 Å². The van der Waals surface area contributed by atoms with Crippen molar-refractivity contribution >= 4 is 5.69 Å². The number of H-pyrrole nitrogens is 1. The maximum Gasteiger partial charge on any atom is 0.0360 e. The maximum absolute atomic E-state index is 3.40. The van der Waals surface area contributed by atoms with Gasteiger partial charge in [-0.15, -0.1) is 0 Å². The molecule has 0 aliphatic carbocycles. The van der Waals surface area contributed by atoms with E-state index in [2.05, 4.69) is 45.9 Å². The van der Waals surface area contributed by atoms with Crippen LogP contribution in [0.25, 0.3) is 0 Å². The summed E-state index contributed by atoms with van der Waals surface area (Å²) in [4.78, 5) is 3.17. The van der Waals surface area contributed by atoms with Crippen molar-refractivity contribution in [3.05, 3.63) is 53.9 Å². The van der Waals surface area contributed by atoms with Gasteiger partial charge in [-0.1, -0.05) is 12.1 Å². The van der Waals surface area contributed by atoms with E-state index in [1.807, 2.05) is 19.3 Å². The zero-order valence-corrected chi connectivity index (χ0v) is 9.46. The van der Waals surface area contributed by atoms with Gasteiger partial charge in [0.25, 0.3) is 0 Å². The summed E-state index contributed by atoms with van der Waals surface area (Å²) in [5.41, 5.74) is 3.65. The number of hydrogen-bond acceptors (Lipinski definition) is 2. The lowest BCUT2D eigenvalue weighted by molar-refractivity contribution is 0.683. The lowest BCUT2D eigenvalue weighted by Crippen LogP contribution is -2.12. The molecule has 1 heterocycles. The number of aromatic nitrogens is 1. The van der Waals surface area contributed by atoms with Gasteiger partial charge < -0.3 is 15.6 Å². The van der Waals surface area contributed by atoms with Crippen molar-refractivity contribution in [1.82, 2.24) is 10.3 Å². The van der Waals surface area contributed by atoms with E-state index in [9.17, 15) is 0 Å². The summed E-state index contributed by atoms with van der Waals surface area (Å²) in [6.45, 7) is 1.76. The standard InChI is InChI=1S/C13H17N3/c1-14-12-5-2-4-11(8-12)9-15-10-13-6-3-7-16-13/h2-8,14-16H,9-10H2,1H3.